The van der Waals surface area contributed by atoms with E-state index in [0.29, 0.717) is 48.6 Å². The zero-order valence-electron chi connectivity index (χ0n) is 26.0. The van der Waals surface area contributed by atoms with Crippen LogP contribution in [-0.4, -0.2) is 82.5 Å². The van der Waals surface area contributed by atoms with Crippen LogP contribution in [-0.2, 0) is 6.18 Å². The number of piperazine rings is 1. The van der Waals surface area contributed by atoms with Gasteiger partial charge in [-0.05, 0) is 57.2 Å². The third-order valence-electron chi connectivity index (χ3n) is 10.7. The normalized spacial score (nSPS) is 27.4. The number of hydrogen-bond acceptors (Lipinski definition) is 10. The first kappa shape index (κ1) is 30.5. The monoisotopic (exact) mass is 686 g/mol. The molecule has 7 heterocycles. The van der Waals surface area contributed by atoms with E-state index in [1.54, 1.807) is 0 Å². The lowest BCUT2D eigenvalue weighted by molar-refractivity contribution is -0.135. The molecule has 9 nitrogen and oxygen atoms in total. The largest absolute Gasteiger partial charge is 0.461 e. The Hall–Kier alpha value is -3.56. The standard InChI is InChI=1S/C33H35F5N8OS/c34-16-10-32(8-1-9-46(32)12-16)15-47-31-43-27-26(42-17-2-3-17)20(11-40-28(27)30(44-31)45-13-18-4-5-19(14-45)41-18)23-21(35)6-7-22-24(23)25(29(39)48-22)33(36,37)38/h6-7,11,16-19,41H,1-5,8-10,12-15,39H2,(H,40,42)/t16-,18?,19?,32+/m1/s1. The predicted molar refractivity (Wildman–Crippen MR) is 175 cm³/mol. The average molecular weight is 687 g/mol. The Balaban J connectivity index is 1.24. The van der Waals surface area contributed by atoms with E-state index in [1.807, 2.05) is 0 Å². The van der Waals surface area contributed by atoms with E-state index in [2.05, 4.69) is 20.4 Å². The van der Waals surface area contributed by atoms with Crippen LogP contribution in [0, 0.1) is 5.82 Å². The van der Waals surface area contributed by atoms with E-state index in [1.165, 1.54) is 18.3 Å². The topological polar surface area (TPSA) is 104 Å². The molecule has 0 amide bonds. The number of hydrogen-bond donors (Lipinski definition) is 3. The van der Waals surface area contributed by atoms with Gasteiger partial charge in [-0.2, -0.15) is 23.1 Å². The van der Waals surface area contributed by atoms with Crippen LogP contribution in [0.4, 0.5) is 38.5 Å². The van der Waals surface area contributed by atoms with Gasteiger partial charge in [-0.1, -0.05) is 0 Å². The molecular weight excluding hydrogens is 651 g/mol. The van der Waals surface area contributed by atoms with Crippen LogP contribution in [0.2, 0.25) is 0 Å². The van der Waals surface area contributed by atoms with Crippen molar-refractivity contribution in [2.45, 2.75) is 81.0 Å². The number of thiophene rings is 1. The first-order valence-corrected chi connectivity index (χ1v) is 17.5. The van der Waals surface area contributed by atoms with E-state index in [-0.39, 0.29) is 52.0 Å². The predicted octanol–water partition coefficient (Wildman–Crippen LogP) is 6.12. The number of pyridine rings is 1. The van der Waals surface area contributed by atoms with E-state index in [0.717, 1.165) is 56.4 Å². The van der Waals surface area contributed by atoms with Gasteiger partial charge in [-0.3, -0.25) is 4.90 Å². The molecule has 1 saturated carbocycles. The van der Waals surface area contributed by atoms with Crippen molar-refractivity contribution in [3.05, 3.63) is 29.7 Å². The fourth-order valence-electron chi connectivity index (χ4n) is 8.44. The minimum Gasteiger partial charge on any atom is -0.461 e. The fourth-order valence-corrected chi connectivity index (χ4v) is 9.44. The van der Waals surface area contributed by atoms with Crippen LogP contribution in [0.1, 0.15) is 50.5 Å². The molecular formula is C33H35F5N8OS. The van der Waals surface area contributed by atoms with Gasteiger partial charge in [-0.25, -0.2) is 13.8 Å². The van der Waals surface area contributed by atoms with Gasteiger partial charge in [0, 0.05) is 71.6 Å². The van der Waals surface area contributed by atoms with Crippen molar-refractivity contribution in [3.8, 4) is 17.1 Å². The number of nitrogens with zero attached hydrogens (tertiary/aromatic N) is 5. The number of halogens is 5. The maximum absolute atomic E-state index is 15.9. The summed E-state index contributed by atoms with van der Waals surface area (Å²) >= 11 is 0.776. The average Bonchev–Trinajstić information content (AvgIpc) is 3.36. The van der Waals surface area contributed by atoms with Gasteiger partial charge in [0.25, 0.3) is 0 Å². The molecule has 0 radical (unpaired) electrons. The maximum atomic E-state index is 15.9. The quantitative estimate of drug-likeness (QED) is 0.199. The zero-order chi connectivity index (χ0) is 32.9. The summed E-state index contributed by atoms with van der Waals surface area (Å²) in [5.41, 5.74) is 5.52. The molecule has 9 rings (SSSR count). The summed E-state index contributed by atoms with van der Waals surface area (Å²) in [7, 11) is 0. The number of nitrogen functional groups attached to an aromatic ring is 1. The molecule has 4 atom stereocenters. The summed E-state index contributed by atoms with van der Waals surface area (Å²) in [6.07, 6.45) is 1.62. The Morgan fingerprint density at radius 3 is 2.62 bits per heavy atom. The highest BCUT2D eigenvalue weighted by Gasteiger charge is 2.49. The molecule has 254 valence electrons. The van der Waals surface area contributed by atoms with Gasteiger partial charge in [0.15, 0.2) is 5.82 Å². The number of benzene rings is 1. The number of rotatable bonds is 7. The molecule has 48 heavy (non-hydrogen) atoms. The van der Waals surface area contributed by atoms with Crippen molar-refractivity contribution >= 4 is 49.0 Å². The molecule has 1 aromatic carbocycles. The van der Waals surface area contributed by atoms with Crippen molar-refractivity contribution < 1.29 is 26.7 Å². The lowest BCUT2D eigenvalue weighted by atomic mass is 9.95. The maximum Gasteiger partial charge on any atom is 0.419 e. The molecule has 4 aromatic rings. The molecule has 5 aliphatic rings. The van der Waals surface area contributed by atoms with E-state index in [4.69, 9.17) is 25.4 Å². The Kier molecular flexibility index (Phi) is 6.97. The summed E-state index contributed by atoms with van der Waals surface area (Å²) in [4.78, 5) is 18.8. The lowest BCUT2D eigenvalue weighted by Crippen LogP contribution is -2.51. The smallest absolute Gasteiger partial charge is 0.419 e. The summed E-state index contributed by atoms with van der Waals surface area (Å²) in [6.45, 7) is 2.78. The van der Waals surface area contributed by atoms with Crippen LogP contribution in [0.5, 0.6) is 6.01 Å². The Labute approximate surface area is 277 Å². The Bertz CT molecular complexity index is 1920. The molecule has 4 saturated heterocycles. The van der Waals surface area contributed by atoms with E-state index >= 15 is 4.39 Å². The number of nitrogens with one attached hydrogen (secondary N) is 2. The highest BCUT2D eigenvalue weighted by Crippen LogP contribution is 2.50. The van der Waals surface area contributed by atoms with Gasteiger partial charge < -0.3 is 26.0 Å². The number of aromatic nitrogens is 3. The molecule has 2 unspecified atom stereocenters. The molecule has 1 aliphatic carbocycles. The van der Waals surface area contributed by atoms with Gasteiger partial charge >= 0.3 is 12.2 Å². The summed E-state index contributed by atoms with van der Waals surface area (Å²) < 4.78 is 80.4. The third-order valence-corrected chi connectivity index (χ3v) is 11.7. The number of ether oxygens (including phenoxy) is 1. The second-order valence-corrected chi connectivity index (χ2v) is 15.1. The first-order chi connectivity index (χ1) is 23.1. The summed E-state index contributed by atoms with van der Waals surface area (Å²) in [5, 5.41) is 6.37. The number of anilines is 3. The molecule has 5 fully saturated rings. The van der Waals surface area contributed by atoms with Crippen LogP contribution in [0.15, 0.2) is 18.3 Å². The molecule has 2 bridgehead atoms. The Morgan fingerprint density at radius 2 is 1.88 bits per heavy atom. The van der Waals surface area contributed by atoms with Gasteiger partial charge in [0.2, 0.25) is 0 Å². The molecule has 0 spiro atoms. The minimum absolute atomic E-state index is 0.0370. The van der Waals surface area contributed by atoms with Crippen molar-refractivity contribution in [1.82, 2.24) is 25.2 Å². The Morgan fingerprint density at radius 1 is 1.08 bits per heavy atom. The highest BCUT2D eigenvalue weighted by molar-refractivity contribution is 7.23. The first-order valence-electron chi connectivity index (χ1n) is 16.6. The van der Waals surface area contributed by atoms with Crippen molar-refractivity contribution in [3.63, 3.8) is 0 Å². The van der Waals surface area contributed by atoms with Gasteiger partial charge in [-0.15, -0.1) is 11.3 Å². The fraction of sp³-hybridized carbons (Fsp3) is 0.545. The van der Waals surface area contributed by atoms with Gasteiger partial charge in [0.1, 0.15) is 29.6 Å². The molecule has 4 aliphatic heterocycles. The number of nitrogens with two attached hydrogens (primary N) is 1. The van der Waals surface area contributed by atoms with Crippen molar-refractivity contribution in [2.75, 3.05) is 48.7 Å². The van der Waals surface area contributed by atoms with Crippen LogP contribution >= 0.6 is 11.3 Å². The van der Waals surface area contributed by atoms with Crippen molar-refractivity contribution in [2.24, 2.45) is 0 Å². The number of fused-ring (bicyclic) bond motifs is 5. The van der Waals surface area contributed by atoms with Crippen LogP contribution in [0.3, 0.4) is 0 Å². The molecule has 3 aromatic heterocycles. The van der Waals surface area contributed by atoms with E-state index < -0.39 is 34.3 Å². The SMILES string of the molecule is Nc1sc2ccc(F)c(-c3cnc4c(N5CC6CCC(C5)N6)nc(OC[C@@]56CCCN5C[C@H](F)C6)nc4c3NC3CC3)c2c1C(F)(F)F. The van der Waals surface area contributed by atoms with Crippen molar-refractivity contribution in [1.29, 1.82) is 0 Å². The zero-order valence-corrected chi connectivity index (χ0v) is 26.9. The third kappa shape index (κ3) is 5.02. The second kappa shape index (κ2) is 11.0. The van der Waals surface area contributed by atoms with Crippen LogP contribution < -0.4 is 26.0 Å². The minimum atomic E-state index is -4.80. The summed E-state index contributed by atoms with van der Waals surface area (Å²) in [6, 6.07) is 3.18. The lowest BCUT2D eigenvalue weighted by Gasteiger charge is -2.34. The highest BCUT2D eigenvalue weighted by atomic mass is 32.1. The van der Waals surface area contributed by atoms with Gasteiger partial charge in [0.05, 0.1) is 21.8 Å². The molecule has 4 N–H and O–H groups in total. The number of alkyl halides is 4. The summed E-state index contributed by atoms with van der Waals surface area (Å²) in [5.74, 6) is -0.263. The van der Waals surface area contributed by atoms with E-state index in [9.17, 15) is 17.6 Å². The van der Waals surface area contributed by atoms with Crippen LogP contribution in [0.25, 0.3) is 32.2 Å². The molecule has 15 heteroatoms. The second-order valence-electron chi connectivity index (χ2n) is 14.0.